The van der Waals surface area contributed by atoms with Gasteiger partial charge in [-0.2, -0.15) is 0 Å². The number of hydrogen-bond donors (Lipinski definition) is 0. The molecule has 0 radical (unpaired) electrons. The molecule has 24 heavy (non-hydrogen) atoms. The van der Waals surface area contributed by atoms with Gasteiger partial charge in [-0.15, -0.1) is 21.5 Å². The van der Waals surface area contributed by atoms with E-state index in [9.17, 15) is 13.6 Å². The molecule has 1 aromatic carbocycles. The topological polar surface area (TPSA) is 59.2 Å². The van der Waals surface area contributed by atoms with Crippen LogP contribution >= 0.6 is 11.3 Å². The SMILES string of the molecule is Cc1nnc(CC(=O)N(Cc2cccs2)c2ccc(F)cc2F)o1. The van der Waals surface area contributed by atoms with E-state index in [0.29, 0.717) is 5.89 Å². The first-order chi connectivity index (χ1) is 11.5. The molecular weight excluding hydrogens is 336 g/mol. The van der Waals surface area contributed by atoms with Crippen LogP contribution in [0.4, 0.5) is 14.5 Å². The first kappa shape index (κ1) is 16.3. The van der Waals surface area contributed by atoms with Crippen LogP contribution in [-0.2, 0) is 17.8 Å². The number of benzene rings is 1. The van der Waals surface area contributed by atoms with Gasteiger partial charge in [0.15, 0.2) is 0 Å². The highest BCUT2D eigenvalue weighted by Crippen LogP contribution is 2.24. The Hall–Kier alpha value is -2.61. The second-order valence-corrected chi connectivity index (χ2v) is 6.08. The van der Waals surface area contributed by atoms with Crippen LogP contribution in [0, 0.1) is 18.6 Å². The Kier molecular flexibility index (Phi) is 4.66. The number of aryl methyl sites for hydroxylation is 1. The van der Waals surface area contributed by atoms with Crippen molar-refractivity contribution in [3.8, 4) is 0 Å². The Morgan fingerprint density at radius 3 is 2.75 bits per heavy atom. The molecule has 0 unspecified atom stereocenters. The molecule has 0 saturated heterocycles. The first-order valence-corrected chi connectivity index (χ1v) is 7.97. The number of anilines is 1. The molecule has 2 aromatic heterocycles. The molecule has 3 aromatic rings. The number of carbonyl (C=O) groups excluding carboxylic acids is 1. The van der Waals surface area contributed by atoms with Crippen LogP contribution in [-0.4, -0.2) is 16.1 Å². The molecule has 1 amide bonds. The minimum Gasteiger partial charge on any atom is -0.425 e. The van der Waals surface area contributed by atoms with E-state index >= 15 is 0 Å². The fraction of sp³-hybridized carbons (Fsp3) is 0.188. The zero-order valence-electron chi connectivity index (χ0n) is 12.7. The van der Waals surface area contributed by atoms with Crippen LogP contribution in [0.2, 0.25) is 0 Å². The van der Waals surface area contributed by atoms with Gasteiger partial charge in [-0.25, -0.2) is 8.78 Å². The van der Waals surface area contributed by atoms with Gasteiger partial charge in [0.1, 0.15) is 18.1 Å². The summed E-state index contributed by atoms with van der Waals surface area (Å²) >= 11 is 1.44. The highest BCUT2D eigenvalue weighted by Gasteiger charge is 2.22. The second-order valence-electron chi connectivity index (χ2n) is 5.05. The summed E-state index contributed by atoms with van der Waals surface area (Å²) in [5, 5.41) is 9.31. The number of amides is 1. The summed E-state index contributed by atoms with van der Waals surface area (Å²) in [6, 6.07) is 6.79. The lowest BCUT2D eigenvalue weighted by molar-refractivity contribution is -0.118. The Morgan fingerprint density at radius 2 is 2.12 bits per heavy atom. The maximum absolute atomic E-state index is 14.2. The number of rotatable bonds is 5. The average Bonchev–Trinajstić information content (AvgIpc) is 3.17. The fourth-order valence-corrected chi connectivity index (χ4v) is 2.89. The van der Waals surface area contributed by atoms with Gasteiger partial charge in [0.25, 0.3) is 0 Å². The Morgan fingerprint density at radius 1 is 1.29 bits per heavy atom. The Balaban J connectivity index is 1.90. The third kappa shape index (κ3) is 3.65. The molecule has 8 heteroatoms. The van der Waals surface area contributed by atoms with Gasteiger partial charge in [-0.3, -0.25) is 4.79 Å². The zero-order valence-corrected chi connectivity index (χ0v) is 13.5. The molecule has 0 N–H and O–H groups in total. The molecule has 0 aliphatic rings. The lowest BCUT2D eigenvalue weighted by Crippen LogP contribution is -2.32. The predicted octanol–water partition coefficient (Wildman–Crippen LogP) is 3.49. The molecule has 0 atom stereocenters. The zero-order chi connectivity index (χ0) is 17.1. The highest BCUT2D eigenvalue weighted by molar-refractivity contribution is 7.09. The van der Waals surface area contributed by atoms with Crippen LogP contribution in [0.25, 0.3) is 0 Å². The molecule has 0 saturated carbocycles. The minimum absolute atomic E-state index is 0.00559. The van der Waals surface area contributed by atoms with Crippen molar-refractivity contribution in [1.29, 1.82) is 0 Å². The molecule has 0 bridgehead atoms. The van der Waals surface area contributed by atoms with Crippen molar-refractivity contribution < 1.29 is 18.0 Å². The normalized spacial score (nSPS) is 10.8. The van der Waals surface area contributed by atoms with Gasteiger partial charge in [-0.05, 0) is 23.6 Å². The average molecular weight is 349 g/mol. The van der Waals surface area contributed by atoms with Gasteiger partial charge < -0.3 is 9.32 Å². The summed E-state index contributed by atoms with van der Waals surface area (Å²) in [6.45, 7) is 1.79. The summed E-state index contributed by atoms with van der Waals surface area (Å²) in [7, 11) is 0. The smallest absolute Gasteiger partial charge is 0.236 e. The van der Waals surface area contributed by atoms with Crippen molar-refractivity contribution in [2.24, 2.45) is 0 Å². The van der Waals surface area contributed by atoms with Gasteiger partial charge in [0, 0.05) is 17.9 Å². The predicted molar refractivity (Wildman–Crippen MR) is 84.6 cm³/mol. The largest absolute Gasteiger partial charge is 0.425 e. The van der Waals surface area contributed by atoms with E-state index in [1.54, 1.807) is 6.92 Å². The fourth-order valence-electron chi connectivity index (χ4n) is 2.20. The Bertz CT molecular complexity index is 849. The Labute approximate surface area is 140 Å². The minimum atomic E-state index is -0.804. The van der Waals surface area contributed by atoms with Crippen LogP contribution in [0.15, 0.2) is 40.1 Å². The van der Waals surface area contributed by atoms with E-state index in [4.69, 9.17) is 4.42 Å². The molecular formula is C16H13F2N3O2S. The lowest BCUT2D eigenvalue weighted by atomic mass is 10.2. The second kappa shape index (κ2) is 6.88. The quantitative estimate of drug-likeness (QED) is 0.707. The lowest BCUT2D eigenvalue weighted by Gasteiger charge is -2.22. The molecule has 124 valence electrons. The summed E-state index contributed by atoms with van der Waals surface area (Å²) in [5.74, 6) is -1.43. The van der Waals surface area contributed by atoms with E-state index in [1.807, 2.05) is 17.5 Å². The van der Waals surface area contributed by atoms with E-state index in [1.165, 1.54) is 22.3 Å². The number of aromatic nitrogens is 2. The van der Waals surface area contributed by atoms with Crippen molar-refractivity contribution in [3.05, 3.63) is 64.0 Å². The summed E-state index contributed by atoms with van der Waals surface area (Å²) < 4.78 is 32.5. The number of halogens is 2. The van der Waals surface area contributed by atoms with Crippen molar-refractivity contribution in [3.63, 3.8) is 0 Å². The van der Waals surface area contributed by atoms with Gasteiger partial charge in [-0.1, -0.05) is 6.07 Å². The van der Waals surface area contributed by atoms with Crippen LogP contribution in [0.5, 0.6) is 0 Å². The molecule has 3 rings (SSSR count). The number of nitrogens with zero attached hydrogens (tertiary/aromatic N) is 3. The summed E-state index contributed by atoms with van der Waals surface area (Å²) in [6.07, 6.45) is -0.164. The van der Waals surface area contributed by atoms with Crippen molar-refractivity contribution in [2.45, 2.75) is 19.9 Å². The standard InChI is InChI=1S/C16H13F2N3O2S/c1-10-19-20-15(23-10)8-16(22)21(9-12-3-2-6-24-12)14-5-4-11(17)7-13(14)18/h2-7H,8-9H2,1H3. The molecule has 0 aliphatic heterocycles. The number of thiophene rings is 1. The third-order valence-corrected chi connectivity index (χ3v) is 4.13. The molecule has 0 aliphatic carbocycles. The third-order valence-electron chi connectivity index (χ3n) is 3.27. The van der Waals surface area contributed by atoms with E-state index in [0.717, 1.165) is 17.0 Å². The summed E-state index contributed by atoms with van der Waals surface area (Å²) in [4.78, 5) is 14.7. The number of hydrogen-bond acceptors (Lipinski definition) is 5. The molecule has 0 fully saturated rings. The van der Waals surface area contributed by atoms with Gasteiger partial charge in [0.05, 0.1) is 12.2 Å². The van der Waals surface area contributed by atoms with Gasteiger partial charge >= 0.3 is 0 Å². The monoisotopic (exact) mass is 349 g/mol. The summed E-state index contributed by atoms with van der Waals surface area (Å²) in [5.41, 5.74) is 0.00559. The van der Waals surface area contributed by atoms with Crippen LogP contribution < -0.4 is 4.90 Å². The highest BCUT2D eigenvalue weighted by atomic mass is 32.1. The van der Waals surface area contributed by atoms with Crippen LogP contribution in [0.3, 0.4) is 0 Å². The molecule has 2 heterocycles. The number of carbonyl (C=O) groups is 1. The maximum atomic E-state index is 14.2. The van der Waals surface area contributed by atoms with Crippen molar-refractivity contribution in [1.82, 2.24) is 10.2 Å². The molecule has 0 spiro atoms. The van der Waals surface area contributed by atoms with Crippen molar-refractivity contribution >= 4 is 22.9 Å². The maximum Gasteiger partial charge on any atom is 0.236 e. The molecule has 5 nitrogen and oxygen atoms in total. The van der Waals surface area contributed by atoms with Gasteiger partial charge in [0.2, 0.25) is 17.7 Å². The van der Waals surface area contributed by atoms with E-state index < -0.39 is 17.5 Å². The first-order valence-electron chi connectivity index (χ1n) is 7.09. The van der Waals surface area contributed by atoms with E-state index in [2.05, 4.69) is 10.2 Å². The van der Waals surface area contributed by atoms with Crippen molar-refractivity contribution in [2.75, 3.05) is 4.90 Å². The van der Waals surface area contributed by atoms with E-state index in [-0.39, 0.29) is 24.5 Å². The van der Waals surface area contributed by atoms with Crippen LogP contribution in [0.1, 0.15) is 16.7 Å².